The van der Waals surface area contributed by atoms with Gasteiger partial charge in [-0.3, -0.25) is 0 Å². The lowest BCUT2D eigenvalue weighted by atomic mass is 10.1. The fourth-order valence-corrected chi connectivity index (χ4v) is 3.23. The molecule has 5 nitrogen and oxygen atoms in total. The number of nitrogens with zero attached hydrogens (tertiary/aromatic N) is 3. The van der Waals surface area contributed by atoms with Crippen LogP contribution >= 0.6 is 0 Å². The molecule has 2 unspecified atom stereocenters. The molecule has 0 spiro atoms. The van der Waals surface area contributed by atoms with Gasteiger partial charge in [0.05, 0.1) is 42.0 Å². The van der Waals surface area contributed by atoms with Gasteiger partial charge < -0.3 is 14.4 Å². The minimum Gasteiger partial charge on any atom is -0.374 e. The normalized spacial score (nSPS) is 18.9. The highest BCUT2D eigenvalue weighted by molar-refractivity contribution is 5.56. The molecule has 168 valence electrons. The zero-order valence-corrected chi connectivity index (χ0v) is 16.2. The minimum absolute atomic E-state index is 0.0529. The van der Waals surface area contributed by atoms with Crippen molar-refractivity contribution < 1.29 is 35.8 Å². The van der Waals surface area contributed by atoms with Gasteiger partial charge in [-0.2, -0.15) is 36.9 Å². The summed E-state index contributed by atoms with van der Waals surface area (Å²) < 4.78 is 90.6. The van der Waals surface area contributed by atoms with Crippen LogP contribution in [0.2, 0.25) is 0 Å². The molecule has 0 amide bonds. The Bertz CT molecular complexity index is 1040. The van der Waals surface area contributed by atoms with Gasteiger partial charge in [0.2, 0.25) is 6.23 Å². The fraction of sp³-hybridized carbons (Fsp3) is 0.333. The molecule has 1 fully saturated rings. The summed E-state index contributed by atoms with van der Waals surface area (Å²) in [4.78, 5) is 0.673. The van der Waals surface area contributed by atoms with Crippen LogP contribution in [0, 0.1) is 22.7 Å². The number of rotatable bonds is 5. The van der Waals surface area contributed by atoms with Gasteiger partial charge in [-0.25, -0.2) is 0 Å². The second-order valence-corrected chi connectivity index (χ2v) is 6.97. The molecule has 0 aliphatic carbocycles. The smallest absolute Gasteiger partial charge is 0.374 e. The quantitative estimate of drug-likeness (QED) is 0.609. The number of anilines is 1. The molecule has 2 aromatic rings. The van der Waals surface area contributed by atoms with Crippen LogP contribution in [0.5, 0.6) is 0 Å². The first kappa shape index (κ1) is 23.4. The van der Waals surface area contributed by atoms with Crippen molar-refractivity contribution in [3.63, 3.8) is 0 Å². The molecule has 32 heavy (non-hydrogen) atoms. The van der Waals surface area contributed by atoms with E-state index in [0.717, 1.165) is 12.1 Å². The molecule has 0 aromatic heterocycles. The average molecular weight is 455 g/mol. The molecule has 0 N–H and O–H groups in total. The molecule has 11 heteroatoms. The highest BCUT2D eigenvalue weighted by Crippen LogP contribution is 2.39. The van der Waals surface area contributed by atoms with E-state index >= 15 is 0 Å². The van der Waals surface area contributed by atoms with E-state index in [4.69, 9.17) is 20.0 Å². The molecule has 3 rings (SSSR count). The summed E-state index contributed by atoms with van der Waals surface area (Å²) in [6, 6.07) is 12.1. The summed E-state index contributed by atoms with van der Waals surface area (Å²) in [6.45, 7) is -0.538. The van der Waals surface area contributed by atoms with Gasteiger partial charge in [0, 0.05) is 12.2 Å². The summed E-state index contributed by atoms with van der Waals surface area (Å²) in [5, 5.41) is 17.7. The van der Waals surface area contributed by atoms with Gasteiger partial charge in [0.1, 0.15) is 6.10 Å². The molecule has 0 saturated carbocycles. The second kappa shape index (κ2) is 9.07. The number of alkyl halides is 6. The molecule has 2 atom stereocenters. The first-order chi connectivity index (χ1) is 15.0. The third-order valence-corrected chi connectivity index (χ3v) is 4.70. The van der Waals surface area contributed by atoms with Crippen molar-refractivity contribution >= 4 is 5.69 Å². The number of halogens is 6. The van der Waals surface area contributed by atoms with E-state index in [-0.39, 0.29) is 25.4 Å². The molecular weight excluding hydrogens is 440 g/mol. The van der Waals surface area contributed by atoms with E-state index < -0.39 is 35.8 Å². The van der Waals surface area contributed by atoms with E-state index in [1.807, 2.05) is 6.07 Å². The molecular formula is C21H15F6N3O2. The highest BCUT2D eigenvalue weighted by Gasteiger charge is 2.51. The van der Waals surface area contributed by atoms with E-state index in [9.17, 15) is 26.3 Å². The lowest BCUT2D eigenvalue weighted by Crippen LogP contribution is -2.42. The summed E-state index contributed by atoms with van der Waals surface area (Å²) >= 11 is 0. The first-order valence-corrected chi connectivity index (χ1v) is 9.20. The molecule has 1 aliphatic heterocycles. The predicted octanol–water partition coefficient (Wildman–Crippen LogP) is 4.76. The van der Waals surface area contributed by atoms with E-state index in [1.165, 1.54) is 6.07 Å². The number of nitriles is 2. The van der Waals surface area contributed by atoms with Crippen molar-refractivity contribution in [2.24, 2.45) is 0 Å². The van der Waals surface area contributed by atoms with Crippen molar-refractivity contribution in [2.45, 2.75) is 31.3 Å². The van der Waals surface area contributed by atoms with Crippen LogP contribution in [0.25, 0.3) is 0 Å². The Balaban J connectivity index is 1.74. The van der Waals surface area contributed by atoms with Crippen LogP contribution in [0.15, 0.2) is 42.5 Å². The average Bonchev–Trinajstić information content (AvgIpc) is 3.18. The third kappa shape index (κ3) is 5.31. The SMILES string of the molecule is N#Cc1ccc(COCC2CN(c3ccc(C#N)c(C(F)(F)F)c3)C(C(F)(F)F)O2)cc1. The molecule has 1 aliphatic rings. The van der Waals surface area contributed by atoms with Gasteiger partial charge >= 0.3 is 12.4 Å². The Labute approximate surface area is 179 Å². The maximum atomic E-state index is 13.5. The first-order valence-electron chi connectivity index (χ1n) is 9.20. The Kier molecular flexibility index (Phi) is 6.63. The molecule has 0 radical (unpaired) electrons. The van der Waals surface area contributed by atoms with Crippen molar-refractivity contribution in [3.05, 3.63) is 64.7 Å². The minimum atomic E-state index is -4.90. The standard InChI is InChI=1S/C21H15F6N3O2/c22-20(23,24)18-7-16(6-5-15(18)9-29)30-10-17(32-19(30)21(25,26)27)12-31-11-14-3-1-13(8-28)2-4-14/h1-7,17,19H,10-12H2. The lowest BCUT2D eigenvalue weighted by molar-refractivity contribution is -0.217. The Morgan fingerprint density at radius 2 is 1.69 bits per heavy atom. The van der Waals surface area contributed by atoms with Crippen LogP contribution in [0.3, 0.4) is 0 Å². The largest absolute Gasteiger partial charge is 0.433 e. The number of hydrogen-bond acceptors (Lipinski definition) is 5. The van der Waals surface area contributed by atoms with Crippen molar-refractivity contribution in [3.8, 4) is 12.1 Å². The lowest BCUT2D eigenvalue weighted by Gasteiger charge is -2.27. The number of benzene rings is 2. The van der Waals surface area contributed by atoms with E-state index in [0.29, 0.717) is 22.1 Å². The number of hydrogen-bond donors (Lipinski definition) is 0. The maximum absolute atomic E-state index is 13.5. The Morgan fingerprint density at radius 3 is 2.25 bits per heavy atom. The van der Waals surface area contributed by atoms with Gasteiger partial charge in [-0.05, 0) is 35.9 Å². The third-order valence-electron chi connectivity index (χ3n) is 4.70. The van der Waals surface area contributed by atoms with Crippen LogP contribution in [0.4, 0.5) is 32.0 Å². The van der Waals surface area contributed by atoms with Crippen molar-refractivity contribution in [2.75, 3.05) is 18.1 Å². The molecule has 2 aromatic carbocycles. The van der Waals surface area contributed by atoms with Gasteiger partial charge in [-0.15, -0.1) is 0 Å². The van der Waals surface area contributed by atoms with Crippen molar-refractivity contribution in [1.82, 2.24) is 0 Å². The Morgan fingerprint density at radius 1 is 1.00 bits per heavy atom. The molecule has 0 bridgehead atoms. The van der Waals surface area contributed by atoms with E-state index in [2.05, 4.69) is 0 Å². The monoisotopic (exact) mass is 455 g/mol. The Hall–Kier alpha value is -3.28. The molecule has 1 heterocycles. The van der Waals surface area contributed by atoms with Gasteiger partial charge in [-0.1, -0.05) is 12.1 Å². The summed E-state index contributed by atoms with van der Waals surface area (Å²) in [7, 11) is 0. The summed E-state index contributed by atoms with van der Waals surface area (Å²) in [5.74, 6) is 0. The van der Waals surface area contributed by atoms with Gasteiger partial charge in [0.25, 0.3) is 0 Å². The maximum Gasteiger partial charge on any atom is 0.433 e. The van der Waals surface area contributed by atoms with Crippen molar-refractivity contribution in [1.29, 1.82) is 10.5 Å². The zero-order chi connectivity index (χ0) is 23.5. The van der Waals surface area contributed by atoms with Gasteiger partial charge in [0.15, 0.2) is 0 Å². The topological polar surface area (TPSA) is 69.3 Å². The predicted molar refractivity (Wildman–Crippen MR) is 99.0 cm³/mol. The fourth-order valence-electron chi connectivity index (χ4n) is 3.23. The number of ether oxygens (including phenoxy) is 2. The highest BCUT2D eigenvalue weighted by atomic mass is 19.4. The van der Waals surface area contributed by atoms with E-state index in [1.54, 1.807) is 24.3 Å². The second-order valence-electron chi connectivity index (χ2n) is 6.97. The summed E-state index contributed by atoms with van der Waals surface area (Å²) in [5.41, 5.74) is -1.25. The van der Waals surface area contributed by atoms with Crippen LogP contribution < -0.4 is 4.90 Å². The van der Waals surface area contributed by atoms with Crippen LogP contribution in [0.1, 0.15) is 22.3 Å². The molecule has 1 saturated heterocycles. The van der Waals surface area contributed by atoms with Crippen LogP contribution in [-0.4, -0.2) is 31.7 Å². The summed E-state index contributed by atoms with van der Waals surface area (Å²) in [6.07, 6.45) is -13.3. The van der Waals surface area contributed by atoms with Crippen LogP contribution in [-0.2, 0) is 22.3 Å². The zero-order valence-electron chi connectivity index (χ0n) is 16.2.